The predicted molar refractivity (Wildman–Crippen MR) is 92.1 cm³/mol. The molecule has 1 aliphatic rings. The fourth-order valence-electron chi connectivity index (χ4n) is 3.35. The van der Waals surface area contributed by atoms with E-state index in [-0.39, 0.29) is 17.6 Å². The van der Waals surface area contributed by atoms with Gasteiger partial charge in [-0.05, 0) is 48.9 Å². The van der Waals surface area contributed by atoms with Gasteiger partial charge in [0.2, 0.25) is 5.91 Å². The van der Waals surface area contributed by atoms with Crippen LogP contribution in [0.15, 0.2) is 24.3 Å². The molecule has 1 aromatic rings. The van der Waals surface area contributed by atoms with Crippen LogP contribution in [0, 0.1) is 17.7 Å². The maximum absolute atomic E-state index is 13.0. The molecular weight excluding hydrogens is 307 g/mol. The lowest BCUT2D eigenvalue weighted by Gasteiger charge is -2.38. The number of nitrogens with one attached hydrogen (secondary N) is 1. The van der Waals surface area contributed by atoms with Crippen LogP contribution in [0.5, 0.6) is 0 Å². The standard InChI is InChI=1S/C19H27FN2O2/c1-3-10-21-18(23)12-16-9-11-22(13-14(16)4-2)19(24)15-5-7-17(20)8-6-15/h5-8,14,16H,3-4,9-13H2,1-2H3,(H,21,23)/t14-,16-/m0/s1. The molecule has 1 aromatic carbocycles. The summed E-state index contributed by atoms with van der Waals surface area (Å²) in [4.78, 5) is 26.4. The van der Waals surface area contributed by atoms with Gasteiger partial charge in [0.05, 0.1) is 0 Å². The Morgan fingerprint density at radius 2 is 1.92 bits per heavy atom. The molecule has 0 spiro atoms. The normalized spacial score (nSPS) is 20.7. The first-order valence-corrected chi connectivity index (χ1v) is 8.86. The van der Waals surface area contributed by atoms with E-state index in [2.05, 4.69) is 12.2 Å². The van der Waals surface area contributed by atoms with Crippen molar-refractivity contribution in [3.8, 4) is 0 Å². The number of piperidine rings is 1. The average Bonchev–Trinajstić information content (AvgIpc) is 2.60. The quantitative estimate of drug-likeness (QED) is 0.868. The van der Waals surface area contributed by atoms with Gasteiger partial charge in [0.25, 0.3) is 5.91 Å². The largest absolute Gasteiger partial charge is 0.356 e. The minimum absolute atomic E-state index is 0.0534. The molecule has 2 rings (SSSR count). The monoisotopic (exact) mass is 334 g/mol. The third-order valence-electron chi connectivity index (χ3n) is 4.81. The Bertz CT molecular complexity index is 559. The fraction of sp³-hybridized carbons (Fsp3) is 0.579. The van der Waals surface area contributed by atoms with Gasteiger partial charge in [-0.15, -0.1) is 0 Å². The summed E-state index contributed by atoms with van der Waals surface area (Å²) in [5.74, 6) is 0.371. The van der Waals surface area contributed by atoms with Crippen molar-refractivity contribution in [1.29, 1.82) is 0 Å². The van der Waals surface area contributed by atoms with E-state index in [9.17, 15) is 14.0 Å². The Morgan fingerprint density at radius 1 is 1.21 bits per heavy atom. The van der Waals surface area contributed by atoms with Crippen LogP contribution in [0.25, 0.3) is 0 Å². The Kier molecular flexibility index (Phi) is 6.76. The highest BCUT2D eigenvalue weighted by molar-refractivity contribution is 5.94. The molecule has 1 N–H and O–H groups in total. The SMILES string of the molecule is CCCNC(=O)C[C@@H]1CCN(C(=O)c2ccc(F)cc2)C[C@@H]1CC. The number of carbonyl (C=O) groups excluding carboxylic acids is 2. The van der Waals surface area contributed by atoms with Crippen LogP contribution in [0.1, 0.15) is 49.9 Å². The van der Waals surface area contributed by atoms with Crippen molar-refractivity contribution in [2.45, 2.75) is 39.5 Å². The van der Waals surface area contributed by atoms with E-state index in [0.29, 0.717) is 36.9 Å². The summed E-state index contributed by atoms with van der Waals surface area (Å²) in [5, 5.41) is 2.93. The lowest BCUT2D eigenvalue weighted by atomic mass is 9.81. The highest BCUT2D eigenvalue weighted by Gasteiger charge is 2.31. The summed E-state index contributed by atoms with van der Waals surface area (Å²) in [6, 6.07) is 5.69. The third-order valence-corrected chi connectivity index (χ3v) is 4.81. The van der Waals surface area contributed by atoms with Crippen LogP contribution >= 0.6 is 0 Å². The van der Waals surface area contributed by atoms with Gasteiger partial charge >= 0.3 is 0 Å². The second kappa shape index (κ2) is 8.81. The van der Waals surface area contributed by atoms with E-state index in [0.717, 1.165) is 25.8 Å². The first-order chi connectivity index (χ1) is 11.5. The molecule has 1 heterocycles. The van der Waals surface area contributed by atoms with E-state index in [1.54, 1.807) is 0 Å². The van der Waals surface area contributed by atoms with E-state index >= 15 is 0 Å². The Balaban J connectivity index is 1.95. The molecule has 0 bridgehead atoms. The van der Waals surface area contributed by atoms with Crippen molar-refractivity contribution in [2.75, 3.05) is 19.6 Å². The molecule has 0 aromatic heterocycles. The summed E-state index contributed by atoms with van der Waals surface area (Å²) in [6.07, 6.45) is 3.26. The van der Waals surface area contributed by atoms with Crippen LogP contribution in [0.4, 0.5) is 4.39 Å². The molecule has 4 nitrogen and oxygen atoms in total. The minimum Gasteiger partial charge on any atom is -0.356 e. The molecule has 2 atom stereocenters. The second-order valence-electron chi connectivity index (χ2n) is 6.53. The zero-order valence-corrected chi connectivity index (χ0v) is 14.6. The Morgan fingerprint density at radius 3 is 2.54 bits per heavy atom. The molecule has 132 valence electrons. The highest BCUT2D eigenvalue weighted by atomic mass is 19.1. The summed E-state index contributed by atoms with van der Waals surface area (Å²) < 4.78 is 13.0. The van der Waals surface area contributed by atoms with Crippen LogP contribution in [-0.2, 0) is 4.79 Å². The minimum atomic E-state index is -0.338. The molecule has 1 saturated heterocycles. The number of rotatable bonds is 6. The number of nitrogens with zero attached hydrogens (tertiary/aromatic N) is 1. The number of benzene rings is 1. The molecule has 1 fully saturated rings. The summed E-state index contributed by atoms with van der Waals surface area (Å²) in [7, 11) is 0. The number of hydrogen-bond donors (Lipinski definition) is 1. The molecule has 0 saturated carbocycles. The van der Waals surface area contributed by atoms with Crippen molar-refractivity contribution in [3.05, 3.63) is 35.6 Å². The zero-order chi connectivity index (χ0) is 17.5. The van der Waals surface area contributed by atoms with Crippen LogP contribution in [0.2, 0.25) is 0 Å². The molecule has 0 radical (unpaired) electrons. The first-order valence-electron chi connectivity index (χ1n) is 8.86. The number of halogens is 1. The lowest BCUT2D eigenvalue weighted by Crippen LogP contribution is -2.44. The number of hydrogen-bond acceptors (Lipinski definition) is 2. The zero-order valence-electron chi connectivity index (χ0n) is 14.6. The van der Waals surface area contributed by atoms with E-state index in [4.69, 9.17) is 0 Å². The average molecular weight is 334 g/mol. The topological polar surface area (TPSA) is 49.4 Å². The second-order valence-corrected chi connectivity index (χ2v) is 6.53. The van der Waals surface area contributed by atoms with Gasteiger partial charge in [0.1, 0.15) is 5.82 Å². The molecule has 1 aliphatic heterocycles. The highest BCUT2D eigenvalue weighted by Crippen LogP contribution is 2.29. The summed E-state index contributed by atoms with van der Waals surface area (Å²) >= 11 is 0. The molecular formula is C19H27FN2O2. The van der Waals surface area contributed by atoms with Gasteiger partial charge in [-0.25, -0.2) is 4.39 Å². The van der Waals surface area contributed by atoms with Gasteiger partial charge in [-0.2, -0.15) is 0 Å². The van der Waals surface area contributed by atoms with Crippen molar-refractivity contribution in [2.24, 2.45) is 11.8 Å². The van der Waals surface area contributed by atoms with Gasteiger partial charge in [0, 0.05) is 31.6 Å². The van der Waals surface area contributed by atoms with Crippen molar-refractivity contribution in [3.63, 3.8) is 0 Å². The van der Waals surface area contributed by atoms with Crippen molar-refractivity contribution < 1.29 is 14.0 Å². The number of amides is 2. The molecule has 24 heavy (non-hydrogen) atoms. The van der Waals surface area contributed by atoms with Gasteiger partial charge in [-0.3, -0.25) is 9.59 Å². The van der Waals surface area contributed by atoms with Gasteiger partial charge in [0.15, 0.2) is 0 Å². The smallest absolute Gasteiger partial charge is 0.253 e. The van der Waals surface area contributed by atoms with Crippen LogP contribution in [0.3, 0.4) is 0 Å². The van der Waals surface area contributed by atoms with Crippen molar-refractivity contribution >= 4 is 11.8 Å². The maximum atomic E-state index is 13.0. The Labute approximate surface area is 143 Å². The van der Waals surface area contributed by atoms with Gasteiger partial charge < -0.3 is 10.2 Å². The molecule has 5 heteroatoms. The molecule has 2 amide bonds. The summed E-state index contributed by atoms with van der Waals surface area (Å²) in [5.41, 5.74) is 0.519. The van der Waals surface area contributed by atoms with Gasteiger partial charge in [-0.1, -0.05) is 20.3 Å². The summed E-state index contributed by atoms with van der Waals surface area (Å²) in [6.45, 7) is 6.18. The van der Waals surface area contributed by atoms with Crippen LogP contribution < -0.4 is 5.32 Å². The van der Waals surface area contributed by atoms with E-state index in [1.807, 2.05) is 11.8 Å². The van der Waals surface area contributed by atoms with Crippen molar-refractivity contribution in [1.82, 2.24) is 10.2 Å². The predicted octanol–water partition coefficient (Wildman–Crippen LogP) is 3.23. The maximum Gasteiger partial charge on any atom is 0.253 e. The number of carbonyl (C=O) groups is 2. The lowest BCUT2D eigenvalue weighted by molar-refractivity contribution is -0.122. The number of likely N-dealkylation sites (tertiary alicyclic amines) is 1. The molecule has 0 unspecified atom stereocenters. The fourth-order valence-corrected chi connectivity index (χ4v) is 3.35. The van der Waals surface area contributed by atoms with E-state index < -0.39 is 0 Å². The first kappa shape index (κ1) is 18.4. The van der Waals surface area contributed by atoms with E-state index in [1.165, 1.54) is 24.3 Å². The van der Waals surface area contributed by atoms with Crippen LogP contribution in [-0.4, -0.2) is 36.3 Å². The Hall–Kier alpha value is -1.91. The molecule has 0 aliphatic carbocycles. The third kappa shape index (κ3) is 4.79.